The van der Waals surface area contributed by atoms with Gasteiger partial charge < -0.3 is 5.21 Å². The number of fused-ring (bicyclic) bond motifs is 1. The highest BCUT2D eigenvalue weighted by atomic mass is 16.5. The molecule has 0 unspecified atom stereocenters. The minimum atomic E-state index is 0.957. The van der Waals surface area contributed by atoms with E-state index in [9.17, 15) is 5.21 Å². The van der Waals surface area contributed by atoms with Gasteiger partial charge in [-0.15, -0.1) is 0 Å². The predicted molar refractivity (Wildman–Crippen MR) is 46.8 cm³/mol. The highest BCUT2D eigenvalue weighted by Gasteiger charge is 2.16. The lowest BCUT2D eigenvalue weighted by molar-refractivity contribution is -0.615. The van der Waals surface area contributed by atoms with Crippen LogP contribution in [0, 0.1) is 12.1 Å². The molecule has 0 bridgehead atoms. The van der Waals surface area contributed by atoms with Gasteiger partial charge in [0.2, 0.25) is 0 Å². The number of hydrogen-bond acceptors (Lipinski definition) is 1. The van der Waals surface area contributed by atoms with Crippen molar-refractivity contribution in [3.8, 4) is 0 Å². The van der Waals surface area contributed by atoms with Crippen molar-refractivity contribution in [3.63, 3.8) is 0 Å². The minimum Gasteiger partial charge on any atom is -0.618 e. The SMILES string of the molecule is Cc1cc2c([n+]([O-])c1)CCCC2. The third-order valence-electron chi connectivity index (χ3n) is 2.47. The maximum absolute atomic E-state index is 11.4. The monoisotopic (exact) mass is 163 g/mol. The topological polar surface area (TPSA) is 26.9 Å². The maximum atomic E-state index is 11.4. The molecule has 0 aromatic carbocycles. The zero-order valence-electron chi connectivity index (χ0n) is 7.34. The summed E-state index contributed by atoms with van der Waals surface area (Å²) in [6.45, 7) is 1.98. The largest absolute Gasteiger partial charge is 0.618 e. The lowest BCUT2D eigenvalue weighted by Crippen LogP contribution is -2.34. The molecule has 2 rings (SSSR count). The Hall–Kier alpha value is -1.05. The molecule has 0 N–H and O–H groups in total. The summed E-state index contributed by atoms with van der Waals surface area (Å²) in [5, 5.41) is 11.4. The quantitative estimate of drug-likeness (QED) is 0.420. The van der Waals surface area contributed by atoms with Gasteiger partial charge in [0, 0.05) is 17.5 Å². The molecule has 1 aliphatic rings. The van der Waals surface area contributed by atoms with Gasteiger partial charge in [-0.25, -0.2) is 0 Å². The van der Waals surface area contributed by atoms with E-state index in [0.29, 0.717) is 0 Å². The molecular formula is C10H13NO. The molecule has 0 amide bonds. The van der Waals surface area contributed by atoms with Gasteiger partial charge >= 0.3 is 0 Å². The van der Waals surface area contributed by atoms with Crippen LogP contribution in [0.2, 0.25) is 0 Å². The first-order valence-electron chi connectivity index (χ1n) is 4.49. The molecular weight excluding hydrogens is 150 g/mol. The molecule has 1 aromatic heterocycles. The normalized spacial score (nSPS) is 15.8. The number of rotatable bonds is 0. The van der Waals surface area contributed by atoms with Gasteiger partial charge in [0.1, 0.15) is 0 Å². The lowest BCUT2D eigenvalue weighted by atomic mass is 9.95. The third kappa shape index (κ3) is 1.17. The summed E-state index contributed by atoms with van der Waals surface area (Å²) in [5.41, 5.74) is 3.33. The summed E-state index contributed by atoms with van der Waals surface area (Å²) in [5.74, 6) is 0. The first kappa shape index (κ1) is 7.59. The molecule has 0 saturated heterocycles. The maximum Gasteiger partial charge on any atom is 0.195 e. The highest BCUT2D eigenvalue weighted by Crippen LogP contribution is 2.18. The zero-order valence-corrected chi connectivity index (χ0v) is 7.34. The van der Waals surface area contributed by atoms with Crippen molar-refractivity contribution in [2.45, 2.75) is 32.6 Å². The van der Waals surface area contributed by atoms with Crippen LogP contribution in [0.5, 0.6) is 0 Å². The van der Waals surface area contributed by atoms with Crippen LogP contribution in [-0.4, -0.2) is 0 Å². The Kier molecular flexibility index (Phi) is 1.75. The fourth-order valence-corrected chi connectivity index (χ4v) is 1.89. The van der Waals surface area contributed by atoms with E-state index in [1.165, 1.54) is 12.0 Å². The fourth-order valence-electron chi connectivity index (χ4n) is 1.89. The minimum absolute atomic E-state index is 0.957. The Morgan fingerprint density at radius 1 is 1.33 bits per heavy atom. The van der Waals surface area contributed by atoms with Gasteiger partial charge in [0.25, 0.3) is 0 Å². The van der Waals surface area contributed by atoms with Crippen LogP contribution in [0.3, 0.4) is 0 Å². The third-order valence-corrected chi connectivity index (χ3v) is 2.47. The van der Waals surface area contributed by atoms with Gasteiger partial charge in [-0.3, -0.25) is 0 Å². The lowest BCUT2D eigenvalue weighted by Gasteiger charge is -2.14. The van der Waals surface area contributed by atoms with Gasteiger partial charge in [-0.1, -0.05) is 0 Å². The molecule has 1 aliphatic carbocycles. The van der Waals surface area contributed by atoms with Crippen LogP contribution in [0.4, 0.5) is 0 Å². The summed E-state index contributed by atoms with van der Waals surface area (Å²) in [4.78, 5) is 0. The molecule has 12 heavy (non-hydrogen) atoms. The molecule has 64 valence electrons. The van der Waals surface area contributed by atoms with Crippen molar-refractivity contribution < 1.29 is 4.73 Å². The number of aromatic nitrogens is 1. The molecule has 0 saturated carbocycles. The smallest absolute Gasteiger partial charge is 0.195 e. The Labute approximate surface area is 72.4 Å². The average Bonchev–Trinajstić information content (AvgIpc) is 2.04. The van der Waals surface area contributed by atoms with Crippen molar-refractivity contribution in [1.29, 1.82) is 0 Å². The van der Waals surface area contributed by atoms with E-state index in [4.69, 9.17) is 0 Å². The van der Waals surface area contributed by atoms with E-state index >= 15 is 0 Å². The summed E-state index contributed by atoms with van der Waals surface area (Å²) in [6.07, 6.45) is 6.11. The molecule has 2 nitrogen and oxygen atoms in total. The first-order valence-corrected chi connectivity index (χ1v) is 4.49. The fraction of sp³-hybridized carbons (Fsp3) is 0.500. The molecule has 1 aromatic rings. The van der Waals surface area contributed by atoms with Crippen LogP contribution in [0.15, 0.2) is 12.3 Å². The second-order valence-corrected chi connectivity index (χ2v) is 3.52. The Bertz CT molecular complexity index is 307. The summed E-state index contributed by atoms with van der Waals surface area (Å²) in [7, 11) is 0. The first-order chi connectivity index (χ1) is 5.77. The Balaban J connectivity index is 2.53. The molecule has 2 heteroatoms. The van der Waals surface area contributed by atoms with Gasteiger partial charge in [0.15, 0.2) is 11.9 Å². The van der Waals surface area contributed by atoms with Gasteiger partial charge in [-0.05, 0) is 32.3 Å². The average molecular weight is 163 g/mol. The van der Waals surface area contributed by atoms with Crippen molar-refractivity contribution in [2.24, 2.45) is 0 Å². The number of nitrogens with zero attached hydrogens (tertiary/aromatic N) is 1. The summed E-state index contributed by atoms with van der Waals surface area (Å²) >= 11 is 0. The van der Waals surface area contributed by atoms with Crippen LogP contribution in [0.1, 0.15) is 29.7 Å². The van der Waals surface area contributed by atoms with Crippen LogP contribution in [0.25, 0.3) is 0 Å². The second kappa shape index (κ2) is 2.77. The van der Waals surface area contributed by atoms with Crippen molar-refractivity contribution in [2.75, 3.05) is 0 Å². The number of aryl methyl sites for hydroxylation is 2. The molecule has 1 heterocycles. The number of hydrogen-bond donors (Lipinski definition) is 0. The van der Waals surface area contributed by atoms with E-state index < -0.39 is 0 Å². The van der Waals surface area contributed by atoms with Gasteiger partial charge in [0.05, 0.1) is 0 Å². The second-order valence-electron chi connectivity index (χ2n) is 3.52. The van der Waals surface area contributed by atoms with Crippen molar-refractivity contribution >= 4 is 0 Å². The molecule has 0 atom stereocenters. The van der Waals surface area contributed by atoms with Crippen LogP contribution >= 0.6 is 0 Å². The van der Waals surface area contributed by atoms with E-state index in [2.05, 4.69) is 6.07 Å². The Morgan fingerprint density at radius 2 is 2.08 bits per heavy atom. The molecule has 0 aliphatic heterocycles. The van der Waals surface area contributed by atoms with E-state index in [1.807, 2.05) is 6.92 Å². The van der Waals surface area contributed by atoms with E-state index in [-0.39, 0.29) is 0 Å². The Morgan fingerprint density at radius 3 is 2.92 bits per heavy atom. The van der Waals surface area contributed by atoms with Gasteiger partial charge in [-0.2, -0.15) is 4.73 Å². The molecule has 0 fully saturated rings. The van der Waals surface area contributed by atoms with Crippen LogP contribution < -0.4 is 4.73 Å². The molecule has 0 spiro atoms. The summed E-state index contributed by atoms with van der Waals surface area (Å²) < 4.78 is 1.05. The van der Waals surface area contributed by atoms with E-state index in [1.54, 1.807) is 6.20 Å². The predicted octanol–water partition coefficient (Wildman–Crippen LogP) is 1.51. The van der Waals surface area contributed by atoms with E-state index in [0.717, 1.165) is 35.3 Å². The summed E-state index contributed by atoms with van der Waals surface area (Å²) in [6, 6.07) is 2.14. The zero-order chi connectivity index (χ0) is 8.55. The van der Waals surface area contributed by atoms with Crippen molar-refractivity contribution in [1.82, 2.24) is 0 Å². The number of pyridine rings is 1. The standard InChI is InChI=1S/C10H13NO/c1-8-6-9-4-2-3-5-10(9)11(12)7-8/h6-7H,2-5H2,1H3. The highest BCUT2D eigenvalue weighted by molar-refractivity contribution is 5.22. The van der Waals surface area contributed by atoms with Crippen LogP contribution in [-0.2, 0) is 12.8 Å². The molecule has 0 radical (unpaired) electrons. The van der Waals surface area contributed by atoms with Crippen molar-refractivity contribution in [3.05, 3.63) is 34.3 Å².